The van der Waals surface area contributed by atoms with Gasteiger partial charge >= 0.3 is 16.3 Å². The van der Waals surface area contributed by atoms with Gasteiger partial charge in [0.15, 0.2) is 0 Å². The molecule has 0 spiro atoms. The Bertz CT molecular complexity index is 914. The second-order valence-corrected chi connectivity index (χ2v) is 9.75. The van der Waals surface area contributed by atoms with E-state index >= 15 is 0 Å². The fraction of sp³-hybridized carbons (Fsp3) is 0.435. The average Bonchev–Trinajstić information content (AvgIpc) is 2.68. The van der Waals surface area contributed by atoms with Crippen molar-refractivity contribution in [3.63, 3.8) is 0 Å². The molecule has 2 aromatic rings. The molecule has 0 saturated carbocycles. The zero-order valence-electron chi connectivity index (χ0n) is 18.1. The van der Waals surface area contributed by atoms with Gasteiger partial charge in [0.25, 0.3) is 0 Å². The van der Waals surface area contributed by atoms with Gasteiger partial charge in [0.05, 0.1) is 0 Å². The van der Waals surface area contributed by atoms with Crippen LogP contribution in [0.1, 0.15) is 45.6 Å². The molecule has 0 unspecified atom stereocenters. The third-order valence-corrected chi connectivity index (χ3v) is 5.51. The third kappa shape index (κ3) is 8.06. The molecule has 0 amide bonds. The minimum Gasteiger partial charge on any atom is -0.428 e. The molecule has 6 nitrogen and oxygen atoms in total. The first-order chi connectivity index (χ1) is 14.1. The number of ether oxygens (including phenoxy) is 1. The summed E-state index contributed by atoms with van der Waals surface area (Å²) in [4.78, 5) is 13.7. The highest BCUT2D eigenvalue weighted by atomic mass is 32.2. The van der Waals surface area contributed by atoms with Crippen LogP contribution in [-0.2, 0) is 19.0 Å². The van der Waals surface area contributed by atoms with Crippen molar-refractivity contribution in [2.24, 2.45) is 0 Å². The van der Waals surface area contributed by atoms with Crippen LogP contribution < -0.4 is 4.90 Å². The van der Waals surface area contributed by atoms with Crippen LogP contribution in [0, 0.1) is 6.92 Å². The molecule has 0 atom stereocenters. The van der Waals surface area contributed by atoms with Crippen molar-refractivity contribution < 1.29 is 22.1 Å². The van der Waals surface area contributed by atoms with Gasteiger partial charge < -0.3 is 13.8 Å². The SMILES string of the molecule is Cc1cccc(S(=O)(=O)OC(=O)OC(C)(C)C)c1.c1ccc(N2CCCCC2)cc1. The van der Waals surface area contributed by atoms with Crippen LogP contribution in [0.25, 0.3) is 0 Å². The number of benzene rings is 2. The number of anilines is 1. The molecular weight excluding hydrogens is 402 g/mol. The summed E-state index contributed by atoms with van der Waals surface area (Å²) in [5.74, 6) is 0. The van der Waals surface area contributed by atoms with Gasteiger partial charge in [-0.05, 0) is 76.8 Å². The largest absolute Gasteiger partial charge is 0.525 e. The van der Waals surface area contributed by atoms with Crippen LogP contribution in [-0.4, -0.2) is 33.3 Å². The quantitative estimate of drug-likeness (QED) is 0.482. The molecule has 164 valence electrons. The van der Waals surface area contributed by atoms with Gasteiger partial charge in [-0.3, -0.25) is 0 Å². The van der Waals surface area contributed by atoms with Gasteiger partial charge in [-0.15, -0.1) is 0 Å². The highest BCUT2D eigenvalue weighted by Crippen LogP contribution is 2.19. The van der Waals surface area contributed by atoms with E-state index in [-0.39, 0.29) is 4.90 Å². The Kier molecular flexibility index (Phi) is 8.29. The van der Waals surface area contributed by atoms with E-state index in [9.17, 15) is 13.2 Å². The lowest BCUT2D eigenvalue weighted by molar-refractivity contribution is 0.0222. The molecule has 0 aliphatic carbocycles. The molecule has 7 heteroatoms. The molecule has 0 radical (unpaired) electrons. The number of carbonyl (C=O) groups excluding carboxylic acids is 1. The lowest BCUT2D eigenvalue weighted by atomic mass is 10.1. The second kappa shape index (κ2) is 10.5. The van der Waals surface area contributed by atoms with Crippen LogP contribution in [0.15, 0.2) is 59.5 Å². The minimum atomic E-state index is -4.13. The molecule has 0 bridgehead atoms. The molecular formula is C23H31NO5S. The second-order valence-electron chi connectivity index (χ2n) is 8.20. The Morgan fingerprint density at radius 1 is 0.933 bits per heavy atom. The Balaban J connectivity index is 0.000000230. The number of hydrogen-bond donors (Lipinski definition) is 0. The summed E-state index contributed by atoms with van der Waals surface area (Å²) in [7, 11) is -4.13. The fourth-order valence-corrected chi connectivity index (χ4v) is 3.85. The number of aryl methyl sites for hydroxylation is 1. The monoisotopic (exact) mass is 433 g/mol. The molecule has 1 fully saturated rings. The minimum absolute atomic E-state index is 0.0756. The normalized spacial score (nSPS) is 14.3. The maximum atomic E-state index is 11.8. The summed E-state index contributed by atoms with van der Waals surface area (Å²) in [6.07, 6.45) is 2.89. The number of carbonyl (C=O) groups is 1. The standard InChI is InChI=1S/C12H16O5S.C11H15N/c1-9-6-5-7-10(8-9)18(14,15)17-11(13)16-12(2,3)4;1-3-7-11(8-4-1)12-9-5-2-6-10-12/h5-8H,1-4H3;1,3-4,7-8H,2,5-6,9-10H2. The van der Waals surface area contributed by atoms with Crippen LogP contribution in [0.3, 0.4) is 0 Å². The Morgan fingerprint density at radius 3 is 2.13 bits per heavy atom. The third-order valence-electron chi connectivity index (χ3n) is 4.32. The zero-order valence-corrected chi connectivity index (χ0v) is 18.9. The molecule has 30 heavy (non-hydrogen) atoms. The lowest BCUT2D eigenvalue weighted by Crippen LogP contribution is -2.29. The maximum absolute atomic E-state index is 11.8. The molecule has 0 aromatic heterocycles. The topological polar surface area (TPSA) is 72.9 Å². The maximum Gasteiger partial charge on any atom is 0.525 e. The van der Waals surface area contributed by atoms with Gasteiger partial charge in [0.1, 0.15) is 10.5 Å². The first kappa shape index (κ1) is 23.7. The summed E-state index contributed by atoms with van der Waals surface area (Å²) < 4.78 is 32.7. The van der Waals surface area contributed by atoms with Gasteiger partial charge in [0, 0.05) is 18.8 Å². The van der Waals surface area contributed by atoms with Gasteiger partial charge in [-0.2, -0.15) is 8.42 Å². The molecule has 3 rings (SSSR count). The van der Waals surface area contributed by atoms with Gasteiger partial charge in [0.2, 0.25) is 0 Å². The van der Waals surface area contributed by atoms with Gasteiger partial charge in [-0.1, -0.05) is 30.3 Å². The first-order valence-electron chi connectivity index (χ1n) is 10.1. The number of hydrogen-bond acceptors (Lipinski definition) is 6. The molecule has 0 N–H and O–H groups in total. The zero-order chi connectivity index (χ0) is 22.2. The molecule has 2 aromatic carbocycles. The van der Waals surface area contributed by atoms with Crippen molar-refractivity contribution in [1.82, 2.24) is 0 Å². The van der Waals surface area contributed by atoms with Crippen molar-refractivity contribution in [3.8, 4) is 0 Å². The number of piperidine rings is 1. The summed E-state index contributed by atoms with van der Waals surface area (Å²) in [5.41, 5.74) is 1.33. The van der Waals surface area contributed by atoms with E-state index in [1.54, 1.807) is 39.8 Å². The van der Waals surface area contributed by atoms with Crippen LogP contribution in [0.2, 0.25) is 0 Å². The molecule has 1 aliphatic heterocycles. The number of nitrogens with zero attached hydrogens (tertiary/aromatic N) is 1. The molecule has 1 heterocycles. The Morgan fingerprint density at radius 2 is 1.57 bits per heavy atom. The summed E-state index contributed by atoms with van der Waals surface area (Å²) in [6.45, 7) is 9.08. The highest BCUT2D eigenvalue weighted by molar-refractivity contribution is 7.87. The van der Waals surface area contributed by atoms with Crippen molar-refractivity contribution in [2.45, 2.75) is 57.5 Å². The van der Waals surface area contributed by atoms with E-state index in [2.05, 4.69) is 39.4 Å². The van der Waals surface area contributed by atoms with E-state index in [1.165, 1.54) is 50.2 Å². The number of para-hydroxylation sites is 1. The van der Waals surface area contributed by atoms with Gasteiger partial charge in [-0.25, -0.2) is 4.79 Å². The van der Waals surface area contributed by atoms with Crippen LogP contribution >= 0.6 is 0 Å². The van der Waals surface area contributed by atoms with Crippen LogP contribution in [0.5, 0.6) is 0 Å². The smallest absolute Gasteiger partial charge is 0.428 e. The van der Waals surface area contributed by atoms with Crippen molar-refractivity contribution in [2.75, 3.05) is 18.0 Å². The van der Waals surface area contributed by atoms with E-state index in [4.69, 9.17) is 4.74 Å². The lowest BCUT2D eigenvalue weighted by Gasteiger charge is -2.28. The van der Waals surface area contributed by atoms with E-state index in [0.29, 0.717) is 0 Å². The Labute approximate surface area is 179 Å². The predicted molar refractivity (Wildman–Crippen MR) is 118 cm³/mol. The summed E-state index contributed by atoms with van der Waals surface area (Å²) in [6, 6.07) is 16.8. The molecule has 1 saturated heterocycles. The Hall–Kier alpha value is -2.54. The highest BCUT2D eigenvalue weighted by Gasteiger charge is 2.25. The summed E-state index contributed by atoms with van der Waals surface area (Å²) in [5, 5.41) is 0. The molecule has 1 aliphatic rings. The first-order valence-corrected chi connectivity index (χ1v) is 11.5. The van der Waals surface area contributed by atoms with E-state index in [1.807, 2.05) is 0 Å². The van der Waals surface area contributed by atoms with Crippen molar-refractivity contribution in [1.29, 1.82) is 0 Å². The summed E-state index contributed by atoms with van der Waals surface area (Å²) >= 11 is 0. The predicted octanol–water partition coefficient (Wildman–Crippen LogP) is 5.31. The average molecular weight is 434 g/mol. The van der Waals surface area contributed by atoms with Crippen molar-refractivity contribution in [3.05, 3.63) is 60.2 Å². The number of rotatable bonds is 3. The van der Waals surface area contributed by atoms with E-state index < -0.39 is 21.9 Å². The van der Waals surface area contributed by atoms with Crippen LogP contribution in [0.4, 0.5) is 10.5 Å². The van der Waals surface area contributed by atoms with Crippen molar-refractivity contribution >= 4 is 22.0 Å². The van der Waals surface area contributed by atoms with E-state index in [0.717, 1.165) is 5.56 Å². The fourth-order valence-electron chi connectivity index (χ4n) is 2.97.